The highest BCUT2D eigenvalue weighted by Gasteiger charge is 2.41. The predicted octanol–water partition coefficient (Wildman–Crippen LogP) is 2.63. The summed E-state index contributed by atoms with van der Waals surface area (Å²) in [7, 11) is -3.75. The van der Waals surface area contributed by atoms with E-state index in [0.717, 1.165) is 5.56 Å². The summed E-state index contributed by atoms with van der Waals surface area (Å²) in [5.74, 6) is -0.803. The fourth-order valence-corrected chi connectivity index (χ4v) is 3.62. The molecule has 5 nitrogen and oxygen atoms in total. The second-order valence-electron chi connectivity index (χ2n) is 4.65. The first-order valence-corrected chi connectivity index (χ1v) is 8.00. The Morgan fingerprint density at radius 3 is 2.65 bits per heavy atom. The van der Waals surface area contributed by atoms with Crippen molar-refractivity contribution in [3.05, 3.63) is 66.0 Å². The Hall–Kier alpha value is -1.52. The molecule has 0 saturated carbocycles. The molecule has 1 fully saturated rings. The second-order valence-corrected chi connectivity index (χ2v) is 6.55. The molecule has 1 unspecified atom stereocenters. The molecule has 1 aromatic carbocycles. The van der Waals surface area contributed by atoms with Gasteiger partial charge < -0.3 is 9.42 Å². The van der Waals surface area contributed by atoms with Gasteiger partial charge in [0.05, 0.1) is 18.3 Å². The van der Waals surface area contributed by atoms with Crippen molar-refractivity contribution in [1.29, 1.82) is 0 Å². The highest BCUT2D eigenvalue weighted by molar-refractivity contribution is 7.53. The van der Waals surface area contributed by atoms with Gasteiger partial charge in [0.25, 0.3) is 0 Å². The second kappa shape index (κ2) is 5.46. The third kappa shape index (κ3) is 2.67. The Morgan fingerprint density at radius 2 is 1.95 bits per heavy atom. The number of rotatable bonds is 2. The van der Waals surface area contributed by atoms with Gasteiger partial charge in [0.2, 0.25) is 0 Å². The molecule has 3 atom stereocenters. The van der Waals surface area contributed by atoms with Crippen LogP contribution >= 0.6 is 7.60 Å². The smallest absolute Gasteiger partial charge is 0.323 e. The van der Waals surface area contributed by atoms with Crippen LogP contribution in [0.25, 0.3) is 0 Å². The monoisotopic (exact) mass is 290 g/mol. The van der Waals surface area contributed by atoms with Gasteiger partial charge in [-0.15, -0.1) is 0 Å². The van der Waals surface area contributed by atoms with Crippen molar-refractivity contribution in [2.45, 2.75) is 11.8 Å². The number of benzene rings is 1. The minimum Gasteiger partial charge on any atom is -0.323 e. The maximum absolute atomic E-state index is 12.2. The third-order valence-electron chi connectivity index (χ3n) is 3.28. The van der Waals surface area contributed by atoms with Crippen molar-refractivity contribution in [2.75, 3.05) is 6.61 Å². The van der Waals surface area contributed by atoms with E-state index in [2.05, 4.69) is 10.3 Å². The Labute approximate surface area is 117 Å². The molecule has 0 spiro atoms. The average molecular weight is 290 g/mol. The van der Waals surface area contributed by atoms with Gasteiger partial charge in [-0.2, -0.15) is 0 Å². The van der Waals surface area contributed by atoms with E-state index in [0.29, 0.717) is 5.69 Å². The van der Waals surface area contributed by atoms with Crippen LogP contribution in [0, 0.1) is 0 Å². The van der Waals surface area contributed by atoms with E-state index in [4.69, 9.17) is 4.52 Å². The van der Waals surface area contributed by atoms with E-state index in [-0.39, 0.29) is 12.6 Å². The van der Waals surface area contributed by atoms with Crippen LogP contribution in [0.3, 0.4) is 0 Å². The molecule has 1 aromatic heterocycles. The third-order valence-corrected chi connectivity index (χ3v) is 4.87. The van der Waals surface area contributed by atoms with Gasteiger partial charge in [-0.1, -0.05) is 36.4 Å². The van der Waals surface area contributed by atoms with Crippen molar-refractivity contribution in [1.82, 2.24) is 10.3 Å². The molecule has 2 N–H and O–H groups in total. The largest absolute Gasteiger partial charge is 0.351 e. The quantitative estimate of drug-likeness (QED) is 0.832. The van der Waals surface area contributed by atoms with E-state index in [1.807, 2.05) is 30.3 Å². The SMILES string of the molecule is O=P1(O)OC[C@@H](c2ccccc2)N[C@H]1c1ccccn1. The standard InChI is InChI=1S/C14H15N2O3P/c17-20(18)14(12-8-4-5-9-15-12)16-13(10-19-20)11-6-2-1-3-7-11/h1-9,13-14,16H,10H2,(H,17,18)/t13-,14+/m0/s1. The molecule has 104 valence electrons. The normalized spacial score (nSPS) is 30.1. The molecule has 2 heterocycles. The van der Waals surface area contributed by atoms with Crippen molar-refractivity contribution >= 4 is 7.60 Å². The van der Waals surface area contributed by atoms with Crippen LogP contribution in [0.1, 0.15) is 23.1 Å². The lowest BCUT2D eigenvalue weighted by Crippen LogP contribution is -2.35. The molecule has 0 amide bonds. The zero-order valence-corrected chi connectivity index (χ0v) is 11.6. The molecule has 0 aliphatic carbocycles. The Kier molecular flexibility index (Phi) is 3.68. The van der Waals surface area contributed by atoms with E-state index < -0.39 is 13.4 Å². The summed E-state index contributed by atoms with van der Waals surface area (Å²) in [5, 5.41) is 3.18. The average Bonchev–Trinajstić information content (AvgIpc) is 2.49. The molecule has 6 heteroatoms. The molecule has 20 heavy (non-hydrogen) atoms. The van der Waals surface area contributed by atoms with Gasteiger partial charge >= 0.3 is 7.60 Å². The molecule has 0 bridgehead atoms. The Morgan fingerprint density at radius 1 is 1.20 bits per heavy atom. The topological polar surface area (TPSA) is 71.5 Å². The summed E-state index contributed by atoms with van der Waals surface area (Å²) in [6.07, 6.45) is 1.60. The van der Waals surface area contributed by atoms with Crippen LogP contribution in [0.2, 0.25) is 0 Å². The summed E-state index contributed by atoms with van der Waals surface area (Å²) >= 11 is 0. The molecule has 1 aliphatic rings. The minimum absolute atomic E-state index is 0.127. The van der Waals surface area contributed by atoms with Crippen LogP contribution in [0.4, 0.5) is 0 Å². The van der Waals surface area contributed by atoms with E-state index in [1.54, 1.807) is 24.4 Å². The fraction of sp³-hybridized carbons (Fsp3) is 0.214. The maximum atomic E-state index is 12.2. The van der Waals surface area contributed by atoms with Gasteiger partial charge in [-0.05, 0) is 17.7 Å². The lowest BCUT2D eigenvalue weighted by atomic mass is 10.1. The summed E-state index contributed by atoms with van der Waals surface area (Å²) in [5.41, 5.74) is 1.53. The highest BCUT2D eigenvalue weighted by Crippen LogP contribution is 2.58. The van der Waals surface area contributed by atoms with E-state index in [9.17, 15) is 9.46 Å². The zero-order valence-electron chi connectivity index (χ0n) is 10.7. The van der Waals surface area contributed by atoms with Crippen LogP contribution in [0.15, 0.2) is 54.7 Å². The van der Waals surface area contributed by atoms with Gasteiger partial charge in [-0.3, -0.25) is 14.9 Å². The lowest BCUT2D eigenvalue weighted by molar-refractivity contribution is 0.180. The van der Waals surface area contributed by atoms with Crippen molar-refractivity contribution in [3.8, 4) is 0 Å². The fourth-order valence-electron chi connectivity index (χ4n) is 2.26. The molecule has 2 aromatic rings. The number of pyridine rings is 1. The molecule has 1 aliphatic heterocycles. The first-order valence-electron chi connectivity index (χ1n) is 6.36. The van der Waals surface area contributed by atoms with Gasteiger partial charge in [-0.25, -0.2) is 0 Å². The molecule has 3 rings (SSSR count). The van der Waals surface area contributed by atoms with Gasteiger partial charge in [0.1, 0.15) is 0 Å². The van der Waals surface area contributed by atoms with E-state index >= 15 is 0 Å². The number of hydrogen-bond donors (Lipinski definition) is 2. The molecule has 1 saturated heterocycles. The van der Waals surface area contributed by atoms with Gasteiger partial charge in [0.15, 0.2) is 5.78 Å². The summed E-state index contributed by atoms with van der Waals surface area (Å²) in [6, 6.07) is 14.9. The Bertz CT molecular complexity index is 621. The van der Waals surface area contributed by atoms with Crippen LogP contribution in [-0.4, -0.2) is 16.5 Å². The predicted molar refractivity (Wildman–Crippen MR) is 75.1 cm³/mol. The summed E-state index contributed by atoms with van der Waals surface area (Å²) in [6.45, 7) is 0.168. The highest BCUT2D eigenvalue weighted by atomic mass is 31.2. The number of nitrogens with one attached hydrogen (secondary N) is 1. The lowest BCUT2D eigenvalue weighted by Gasteiger charge is -2.34. The first kappa shape index (κ1) is 13.5. The summed E-state index contributed by atoms with van der Waals surface area (Å²) < 4.78 is 17.4. The summed E-state index contributed by atoms with van der Waals surface area (Å²) in [4.78, 5) is 14.1. The minimum atomic E-state index is -3.75. The van der Waals surface area contributed by atoms with Crippen molar-refractivity contribution in [3.63, 3.8) is 0 Å². The number of nitrogens with zero attached hydrogens (tertiary/aromatic N) is 1. The zero-order chi connectivity index (χ0) is 14.0. The molecule has 0 radical (unpaired) electrons. The van der Waals surface area contributed by atoms with Crippen LogP contribution < -0.4 is 5.32 Å². The van der Waals surface area contributed by atoms with Crippen molar-refractivity contribution < 1.29 is 14.0 Å². The van der Waals surface area contributed by atoms with E-state index in [1.165, 1.54) is 0 Å². The number of hydrogen-bond acceptors (Lipinski definition) is 4. The van der Waals surface area contributed by atoms with Gasteiger partial charge in [0, 0.05) is 6.20 Å². The number of aromatic nitrogens is 1. The maximum Gasteiger partial charge on any atom is 0.351 e. The molecular formula is C14H15N2O3P. The van der Waals surface area contributed by atoms with Crippen molar-refractivity contribution in [2.24, 2.45) is 0 Å². The van der Waals surface area contributed by atoms with Crippen LogP contribution in [0.5, 0.6) is 0 Å². The Balaban J connectivity index is 1.89. The molecular weight excluding hydrogens is 275 g/mol. The first-order chi connectivity index (χ1) is 9.67. The van der Waals surface area contributed by atoms with Crippen LogP contribution in [-0.2, 0) is 9.09 Å².